The van der Waals surface area contributed by atoms with Gasteiger partial charge in [0.05, 0.1) is 0 Å². The molecule has 2 fully saturated rings. The Morgan fingerprint density at radius 1 is 1.05 bits per heavy atom. The summed E-state index contributed by atoms with van der Waals surface area (Å²) < 4.78 is 0. The molecule has 0 aliphatic heterocycles. The molecular formula is C18H36N2. The van der Waals surface area contributed by atoms with Gasteiger partial charge in [0.1, 0.15) is 0 Å². The Morgan fingerprint density at radius 2 is 1.85 bits per heavy atom. The van der Waals surface area contributed by atoms with E-state index in [2.05, 4.69) is 31.0 Å². The van der Waals surface area contributed by atoms with Gasteiger partial charge < -0.3 is 10.2 Å². The van der Waals surface area contributed by atoms with Crippen LogP contribution in [0.15, 0.2) is 0 Å². The zero-order valence-electron chi connectivity index (χ0n) is 14.0. The molecule has 0 aromatic carbocycles. The number of nitrogens with zero attached hydrogens (tertiary/aromatic N) is 1. The van der Waals surface area contributed by atoms with Crippen molar-refractivity contribution in [2.45, 2.75) is 84.2 Å². The minimum atomic E-state index is 0.786. The van der Waals surface area contributed by atoms with E-state index in [1.807, 2.05) is 0 Å². The highest BCUT2D eigenvalue weighted by Gasteiger charge is 2.34. The van der Waals surface area contributed by atoms with Crippen molar-refractivity contribution >= 4 is 0 Å². The molecule has 0 spiro atoms. The third kappa shape index (κ3) is 5.04. The van der Waals surface area contributed by atoms with Crippen molar-refractivity contribution < 1.29 is 0 Å². The molecule has 0 radical (unpaired) electrons. The predicted octanol–water partition coefficient (Wildman–Crippen LogP) is 4.06. The summed E-state index contributed by atoms with van der Waals surface area (Å²) in [5.74, 6) is 1.83. The van der Waals surface area contributed by atoms with Crippen LogP contribution in [0.5, 0.6) is 0 Å². The zero-order chi connectivity index (χ0) is 14.4. The molecule has 2 aliphatic rings. The van der Waals surface area contributed by atoms with E-state index in [1.54, 1.807) is 0 Å². The summed E-state index contributed by atoms with van der Waals surface area (Å²) in [4.78, 5) is 2.83. The van der Waals surface area contributed by atoms with Crippen LogP contribution >= 0.6 is 0 Å². The fraction of sp³-hybridized carbons (Fsp3) is 1.00. The number of unbranched alkanes of at least 4 members (excludes halogenated alkanes) is 1. The molecule has 0 bridgehead atoms. The molecule has 0 amide bonds. The van der Waals surface area contributed by atoms with Gasteiger partial charge in [0.2, 0.25) is 0 Å². The summed E-state index contributed by atoms with van der Waals surface area (Å²) >= 11 is 0. The Kier molecular flexibility index (Phi) is 6.83. The van der Waals surface area contributed by atoms with Gasteiger partial charge in [-0.15, -0.1) is 0 Å². The number of hydrogen-bond acceptors (Lipinski definition) is 2. The molecular weight excluding hydrogens is 244 g/mol. The van der Waals surface area contributed by atoms with Crippen molar-refractivity contribution in [3.8, 4) is 0 Å². The highest BCUT2D eigenvalue weighted by Crippen LogP contribution is 2.33. The number of hydrogen-bond donors (Lipinski definition) is 1. The fourth-order valence-electron chi connectivity index (χ4n) is 3.82. The van der Waals surface area contributed by atoms with E-state index in [-0.39, 0.29) is 0 Å². The average molecular weight is 280 g/mol. The minimum absolute atomic E-state index is 0.786. The van der Waals surface area contributed by atoms with Crippen LogP contribution in [0.2, 0.25) is 0 Å². The highest BCUT2D eigenvalue weighted by atomic mass is 15.2. The summed E-state index contributed by atoms with van der Waals surface area (Å²) in [6.45, 7) is 11.0. The second-order valence-electron chi connectivity index (χ2n) is 7.32. The SMILES string of the molecule is CCCCN(CC1CC(C)CCC1NCCC)C1CC1. The van der Waals surface area contributed by atoms with Crippen molar-refractivity contribution in [2.75, 3.05) is 19.6 Å². The van der Waals surface area contributed by atoms with E-state index in [4.69, 9.17) is 0 Å². The summed E-state index contributed by atoms with van der Waals surface area (Å²) in [5, 5.41) is 3.84. The Balaban J connectivity index is 1.87. The molecule has 2 heteroatoms. The molecule has 3 unspecified atom stereocenters. The molecule has 3 atom stereocenters. The van der Waals surface area contributed by atoms with Crippen molar-refractivity contribution in [3.63, 3.8) is 0 Å². The predicted molar refractivity (Wildman–Crippen MR) is 88.1 cm³/mol. The van der Waals surface area contributed by atoms with Crippen LogP contribution in [-0.4, -0.2) is 36.6 Å². The first-order chi connectivity index (χ1) is 9.74. The molecule has 2 rings (SSSR count). The van der Waals surface area contributed by atoms with E-state index in [1.165, 1.54) is 71.0 Å². The van der Waals surface area contributed by atoms with E-state index < -0.39 is 0 Å². The first-order valence-electron chi connectivity index (χ1n) is 9.22. The summed E-state index contributed by atoms with van der Waals surface area (Å²) in [5.41, 5.74) is 0. The van der Waals surface area contributed by atoms with Crippen LogP contribution < -0.4 is 5.32 Å². The van der Waals surface area contributed by atoms with Crippen LogP contribution in [0.4, 0.5) is 0 Å². The lowest BCUT2D eigenvalue weighted by molar-refractivity contribution is 0.138. The summed E-state index contributed by atoms with van der Waals surface area (Å²) in [6, 6.07) is 1.72. The van der Waals surface area contributed by atoms with E-state index in [0.717, 1.165) is 23.9 Å². The van der Waals surface area contributed by atoms with Gasteiger partial charge in [0.15, 0.2) is 0 Å². The Bertz CT molecular complexity index is 254. The lowest BCUT2D eigenvalue weighted by Gasteiger charge is -2.39. The van der Waals surface area contributed by atoms with Crippen LogP contribution in [0.25, 0.3) is 0 Å². The van der Waals surface area contributed by atoms with Crippen molar-refractivity contribution in [3.05, 3.63) is 0 Å². The van der Waals surface area contributed by atoms with Crippen molar-refractivity contribution in [1.29, 1.82) is 0 Å². The Labute approximate surface area is 126 Å². The molecule has 2 nitrogen and oxygen atoms in total. The number of rotatable bonds is 9. The largest absolute Gasteiger partial charge is 0.314 e. The zero-order valence-corrected chi connectivity index (χ0v) is 14.0. The molecule has 0 aromatic rings. The van der Waals surface area contributed by atoms with E-state index >= 15 is 0 Å². The van der Waals surface area contributed by atoms with Gasteiger partial charge in [-0.05, 0) is 69.9 Å². The fourth-order valence-corrected chi connectivity index (χ4v) is 3.82. The minimum Gasteiger partial charge on any atom is -0.314 e. The maximum atomic E-state index is 3.84. The van der Waals surface area contributed by atoms with Gasteiger partial charge >= 0.3 is 0 Å². The van der Waals surface area contributed by atoms with Gasteiger partial charge in [0, 0.05) is 18.6 Å². The van der Waals surface area contributed by atoms with Gasteiger partial charge in [-0.3, -0.25) is 0 Å². The molecule has 118 valence electrons. The third-order valence-electron chi connectivity index (χ3n) is 5.23. The molecule has 0 aromatic heterocycles. The van der Waals surface area contributed by atoms with E-state index in [0.29, 0.717) is 0 Å². The van der Waals surface area contributed by atoms with Crippen LogP contribution in [-0.2, 0) is 0 Å². The van der Waals surface area contributed by atoms with Crippen LogP contribution in [0, 0.1) is 11.8 Å². The summed E-state index contributed by atoms with van der Waals surface area (Å²) in [6.07, 6.45) is 11.2. The van der Waals surface area contributed by atoms with E-state index in [9.17, 15) is 0 Å². The molecule has 20 heavy (non-hydrogen) atoms. The normalized spacial score (nSPS) is 30.9. The van der Waals surface area contributed by atoms with Gasteiger partial charge in [-0.25, -0.2) is 0 Å². The molecule has 1 N–H and O–H groups in total. The lowest BCUT2D eigenvalue weighted by atomic mass is 9.78. The maximum Gasteiger partial charge on any atom is 0.0108 e. The lowest BCUT2D eigenvalue weighted by Crippen LogP contribution is -2.46. The Hall–Kier alpha value is -0.0800. The van der Waals surface area contributed by atoms with Gasteiger partial charge in [-0.1, -0.05) is 27.2 Å². The smallest absolute Gasteiger partial charge is 0.0108 e. The summed E-state index contributed by atoms with van der Waals surface area (Å²) in [7, 11) is 0. The highest BCUT2D eigenvalue weighted by molar-refractivity contribution is 4.90. The Morgan fingerprint density at radius 3 is 2.50 bits per heavy atom. The second kappa shape index (κ2) is 8.38. The van der Waals surface area contributed by atoms with Gasteiger partial charge in [-0.2, -0.15) is 0 Å². The van der Waals surface area contributed by atoms with Gasteiger partial charge in [0.25, 0.3) is 0 Å². The third-order valence-corrected chi connectivity index (χ3v) is 5.23. The molecule has 2 aliphatic carbocycles. The topological polar surface area (TPSA) is 15.3 Å². The number of nitrogens with one attached hydrogen (secondary N) is 1. The van der Waals surface area contributed by atoms with Crippen LogP contribution in [0.1, 0.15) is 72.1 Å². The monoisotopic (exact) mass is 280 g/mol. The molecule has 0 heterocycles. The van der Waals surface area contributed by atoms with Crippen LogP contribution in [0.3, 0.4) is 0 Å². The quantitative estimate of drug-likeness (QED) is 0.685. The molecule has 2 saturated carbocycles. The maximum absolute atomic E-state index is 3.84. The second-order valence-corrected chi connectivity index (χ2v) is 7.32. The first kappa shape index (κ1) is 16.3. The van der Waals surface area contributed by atoms with Crippen molar-refractivity contribution in [1.82, 2.24) is 10.2 Å². The average Bonchev–Trinajstić information content (AvgIpc) is 3.27. The molecule has 0 saturated heterocycles. The standard InChI is InChI=1S/C18H36N2/c1-4-6-12-20(17-8-9-17)14-16-13-15(3)7-10-18(16)19-11-5-2/h15-19H,4-14H2,1-3H3. The van der Waals surface area contributed by atoms with Crippen molar-refractivity contribution in [2.24, 2.45) is 11.8 Å². The first-order valence-corrected chi connectivity index (χ1v) is 9.22.